The van der Waals surface area contributed by atoms with E-state index in [1.807, 2.05) is 0 Å². The molecule has 0 unspecified atom stereocenters. The predicted molar refractivity (Wildman–Crippen MR) is 94.3 cm³/mol. The molecular formula is C17H26N2O5S. The van der Waals surface area contributed by atoms with E-state index >= 15 is 0 Å². The number of thioether (sulfide) groups is 1. The maximum atomic E-state index is 12.0. The number of carbonyl (C=O) groups is 2. The lowest BCUT2D eigenvalue weighted by Crippen LogP contribution is -2.60. The third-order valence-electron chi connectivity index (χ3n) is 4.81. The molecule has 0 aliphatic carbocycles. The molecule has 0 saturated carbocycles. The van der Waals surface area contributed by atoms with Crippen molar-refractivity contribution in [1.82, 2.24) is 10.6 Å². The minimum Gasteiger partial charge on any atom is -0.450 e. The number of amides is 2. The molecule has 7 nitrogen and oxygen atoms in total. The molecule has 0 radical (unpaired) electrons. The van der Waals surface area contributed by atoms with Gasteiger partial charge in [-0.25, -0.2) is 4.79 Å². The van der Waals surface area contributed by atoms with E-state index in [4.69, 9.17) is 9.47 Å². The van der Waals surface area contributed by atoms with Crippen LogP contribution in [-0.4, -0.2) is 52.8 Å². The summed E-state index contributed by atoms with van der Waals surface area (Å²) in [5.41, 5.74) is 0. The fraction of sp³-hybridized carbons (Fsp3) is 0.765. The summed E-state index contributed by atoms with van der Waals surface area (Å²) >= 11 is 1.14. The fourth-order valence-electron chi connectivity index (χ4n) is 3.55. The molecule has 3 aliphatic heterocycles. The lowest BCUT2D eigenvalue weighted by molar-refractivity contribution is -0.269. The van der Waals surface area contributed by atoms with Gasteiger partial charge in [-0.15, -0.1) is 0 Å². The number of carbonyl (C=O) groups excluding carboxylic acids is 2. The second-order valence-corrected chi connectivity index (χ2v) is 7.83. The SMILES string of the molecule is O=C1N[C@@H]2C[C@@H](CCCC=CCCCO1)O[C@@](O)([C@@H]1CSC(=O)N1)C2. The van der Waals surface area contributed by atoms with Crippen LogP contribution in [0.1, 0.15) is 44.9 Å². The summed E-state index contributed by atoms with van der Waals surface area (Å²) in [5, 5.41) is 16.5. The number of hydrogen-bond donors (Lipinski definition) is 3. The van der Waals surface area contributed by atoms with E-state index in [-0.39, 0.29) is 23.8 Å². The smallest absolute Gasteiger partial charge is 0.407 e. The molecule has 2 saturated heterocycles. The Kier molecular flexibility index (Phi) is 6.24. The monoisotopic (exact) mass is 370 g/mol. The Morgan fingerprint density at radius 2 is 2.00 bits per heavy atom. The van der Waals surface area contributed by atoms with E-state index in [2.05, 4.69) is 22.8 Å². The fourth-order valence-corrected chi connectivity index (χ4v) is 4.44. The second-order valence-electron chi connectivity index (χ2n) is 6.84. The average molecular weight is 370 g/mol. The highest BCUT2D eigenvalue weighted by Crippen LogP contribution is 2.35. The summed E-state index contributed by atoms with van der Waals surface area (Å²) in [5.74, 6) is -1.01. The first kappa shape index (κ1) is 18.5. The molecule has 2 amide bonds. The van der Waals surface area contributed by atoms with Gasteiger partial charge in [0.2, 0.25) is 0 Å². The maximum Gasteiger partial charge on any atom is 0.407 e. The highest BCUT2D eigenvalue weighted by Gasteiger charge is 2.48. The molecule has 0 spiro atoms. The Morgan fingerprint density at radius 3 is 2.76 bits per heavy atom. The highest BCUT2D eigenvalue weighted by molar-refractivity contribution is 8.14. The summed E-state index contributed by atoms with van der Waals surface area (Å²) in [4.78, 5) is 23.5. The quantitative estimate of drug-likeness (QED) is 0.613. The summed E-state index contributed by atoms with van der Waals surface area (Å²) in [7, 11) is 0. The van der Waals surface area contributed by atoms with Gasteiger partial charge >= 0.3 is 6.09 Å². The van der Waals surface area contributed by atoms with Gasteiger partial charge in [-0.1, -0.05) is 23.9 Å². The van der Waals surface area contributed by atoms with Crippen LogP contribution >= 0.6 is 11.8 Å². The molecule has 140 valence electrons. The molecule has 3 rings (SSSR count). The zero-order valence-corrected chi connectivity index (χ0v) is 15.1. The number of allylic oxidation sites excluding steroid dienone is 2. The van der Waals surface area contributed by atoms with E-state index < -0.39 is 17.9 Å². The van der Waals surface area contributed by atoms with E-state index in [0.717, 1.165) is 43.9 Å². The van der Waals surface area contributed by atoms with Gasteiger partial charge in [-0.3, -0.25) is 4.79 Å². The number of nitrogens with one attached hydrogen (secondary N) is 2. The van der Waals surface area contributed by atoms with E-state index in [9.17, 15) is 14.7 Å². The Labute approximate surface area is 151 Å². The number of hydrogen-bond acceptors (Lipinski definition) is 6. The minimum absolute atomic E-state index is 0.152. The number of cyclic esters (lactones) is 1. The third-order valence-corrected chi connectivity index (χ3v) is 5.69. The molecule has 25 heavy (non-hydrogen) atoms. The Hall–Kier alpha value is -1.25. The van der Waals surface area contributed by atoms with Crippen molar-refractivity contribution < 1.29 is 24.2 Å². The lowest BCUT2D eigenvalue weighted by Gasteiger charge is -2.44. The summed E-state index contributed by atoms with van der Waals surface area (Å²) in [6, 6.07) is -0.705. The Balaban J connectivity index is 1.70. The average Bonchev–Trinajstić information content (AvgIpc) is 2.99. The molecule has 8 heteroatoms. The maximum absolute atomic E-state index is 12.0. The summed E-state index contributed by atoms with van der Waals surface area (Å²) in [6.45, 7) is 0.377. The van der Waals surface area contributed by atoms with Crippen LogP contribution in [0.2, 0.25) is 0 Å². The van der Waals surface area contributed by atoms with E-state index in [1.54, 1.807) is 0 Å². The molecule has 2 bridgehead atoms. The van der Waals surface area contributed by atoms with Gasteiger partial charge < -0.3 is 25.2 Å². The highest BCUT2D eigenvalue weighted by atomic mass is 32.2. The number of aliphatic hydroxyl groups is 1. The van der Waals surface area contributed by atoms with Crippen LogP contribution in [0.4, 0.5) is 9.59 Å². The van der Waals surface area contributed by atoms with Gasteiger partial charge in [0.15, 0.2) is 5.79 Å². The molecule has 2 fully saturated rings. The van der Waals surface area contributed by atoms with Crippen molar-refractivity contribution in [3.8, 4) is 0 Å². The molecule has 0 aromatic carbocycles. The Bertz CT molecular complexity index is 529. The summed E-state index contributed by atoms with van der Waals surface area (Å²) < 4.78 is 11.2. The van der Waals surface area contributed by atoms with Gasteiger partial charge in [0.1, 0.15) is 0 Å². The molecule has 3 N–H and O–H groups in total. The van der Waals surface area contributed by atoms with Crippen molar-refractivity contribution in [1.29, 1.82) is 0 Å². The van der Waals surface area contributed by atoms with Gasteiger partial charge in [0.05, 0.1) is 18.8 Å². The molecule has 4 atom stereocenters. The van der Waals surface area contributed by atoms with Crippen molar-refractivity contribution in [3.05, 3.63) is 12.2 Å². The molecular weight excluding hydrogens is 344 g/mol. The van der Waals surface area contributed by atoms with Crippen LogP contribution in [0, 0.1) is 0 Å². The van der Waals surface area contributed by atoms with E-state index in [0.29, 0.717) is 18.8 Å². The standard InChI is InChI=1S/C17H26N2O5S/c20-15-18-12-9-13(7-5-3-1-2-4-6-8-23-15)24-17(22,10-12)14-11-25-16(21)19-14/h1-2,12-14,22H,3-11H2,(H,18,20)(H,19,21)/t12-,13-,14+,17-/m1/s1. The van der Waals surface area contributed by atoms with Crippen LogP contribution in [0.5, 0.6) is 0 Å². The predicted octanol–water partition coefficient (Wildman–Crippen LogP) is 2.29. The van der Waals surface area contributed by atoms with Crippen LogP contribution in [0.15, 0.2) is 12.2 Å². The molecule has 3 aliphatic rings. The lowest BCUT2D eigenvalue weighted by atomic mass is 9.90. The number of alkyl carbamates (subject to hydrolysis) is 1. The topological polar surface area (TPSA) is 96.9 Å². The van der Waals surface area contributed by atoms with Crippen molar-refractivity contribution in [2.75, 3.05) is 12.4 Å². The van der Waals surface area contributed by atoms with Crippen LogP contribution in [0.3, 0.4) is 0 Å². The van der Waals surface area contributed by atoms with Crippen molar-refractivity contribution in [3.63, 3.8) is 0 Å². The third kappa shape index (κ3) is 5.12. The van der Waals surface area contributed by atoms with Crippen molar-refractivity contribution in [2.45, 2.75) is 68.9 Å². The van der Waals surface area contributed by atoms with Crippen molar-refractivity contribution in [2.24, 2.45) is 0 Å². The molecule has 3 heterocycles. The summed E-state index contributed by atoms with van der Waals surface area (Å²) in [6.07, 6.45) is 8.93. The molecule has 0 aromatic heterocycles. The van der Waals surface area contributed by atoms with Gasteiger partial charge in [-0.2, -0.15) is 0 Å². The van der Waals surface area contributed by atoms with Crippen molar-refractivity contribution >= 4 is 23.1 Å². The number of fused-ring (bicyclic) bond motifs is 2. The van der Waals surface area contributed by atoms with E-state index in [1.165, 1.54) is 0 Å². The number of rotatable bonds is 1. The zero-order chi connectivity index (χ0) is 17.7. The first-order chi connectivity index (χ1) is 12.0. The van der Waals surface area contributed by atoms with Gasteiger partial charge in [-0.05, 0) is 38.5 Å². The normalized spacial score (nSPS) is 37.6. The first-order valence-electron chi connectivity index (χ1n) is 8.97. The van der Waals surface area contributed by atoms with Crippen LogP contribution in [-0.2, 0) is 9.47 Å². The number of ether oxygens (including phenoxy) is 2. The minimum atomic E-state index is -1.47. The Morgan fingerprint density at radius 1 is 1.20 bits per heavy atom. The zero-order valence-electron chi connectivity index (χ0n) is 14.2. The van der Waals surface area contributed by atoms with Gasteiger partial charge in [0, 0.05) is 18.2 Å². The van der Waals surface area contributed by atoms with Crippen LogP contribution in [0.25, 0.3) is 0 Å². The largest absolute Gasteiger partial charge is 0.450 e. The molecule has 0 aromatic rings. The van der Waals surface area contributed by atoms with Crippen LogP contribution < -0.4 is 10.6 Å². The van der Waals surface area contributed by atoms with Gasteiger partial charge in [0.25, 0.3) is 5.24 Å². The second kappa shape index (κ2) is 8.42. The first-order valence-corrected chi connectivity index (χ1v) is 9.95.